The van der Waals surface area contributed by atoms with Gasteiger partial charge in [-0.3, -0.25) is 29.4 Å². The second kappa shape index (κ2) is 11.3. The molecule has 0 bridgehead atoms. The van der Waals surface area contributed by atoms with Gasteiger partial charge >= 0.3 is 0 Å². The van der Waals surface area contributed by atoms with Crippen molar-refractivity contribution in [1.29, 1.82) is 0 Å². The first-order valence-electron chi connectivity index (χ1n) is 14.6. The molecule has 3 aliphatic rings. The number of rotatable bonds is 8. The van der Waals surface area contributed by atoms with E-state index in [1.807, 2.05) is 24.4 Å². The lowest BCUT2D eigenvalue weighted by Crippen LogP contribution is -2.53. The van der Waals surface area contributed by atoms with Crippen LogP contribution in [0.25, 0.3) is 21.3 Å². The zero-order chi connectivity index (χ0) is 31.4. The smallest absolute Gasteiger partial charge is 0.277 e. The van der Waals surface area contributed by atoms with Crippen LogP contribution in [0.2, 0.25) is 0 Å². The Morgan fingerprint density at radius 1 is 1.02 bits per heavy atom. The van der Waals surface area contributed by atoms with E-state index in [-0.39, 0.29) is 29.9 Å². The highest BCUT2D eigenvalue weighted by molar-refractivity contribution is 7.17. The zero-order valence-electron chi connectivity index (χ0n) is 25.0. The van der Waals surface area contributed by atoms with Crippen LogP contribution >= 0.6 is 11.3 Å². The highest BCUT2D eigenvalue weighted by Crippen LogP contribution is 2.39. The second-order valence-corrected chi connectivity index (χ2v) is 12.4. The first kappa shape index (κ1) is 29.0. The molecule has 2 saturated heterocycles. The van der Waals surface area contributed by atoms with Gasteiger partial charge in [0.2, 0.25) is 11.8 Å². The Morgan fingerprint density at radius 2 is 1.78 bits per heavy atom. The van der Waals surface area contributed by atoms with E-state index in [2.05, 4.69) is 15.2 Å². The number of likely N-dealkylation sites (tertiary alicyclic amines) is 1. The van der Waals surface area contributed by atoms with E-state index >= 15 is 0 Å². The van der Waals surface area contributed by atoms with Crippen LogP contribution in [-0.4, -0.2) is 76.5 Å². The zero-order valence-corrected chi connectivity index (χ0v) is 25.8. The van der Waals surface area contributed by atoms with Crippen LogP contribution in [0, 0.1) is 0 Å². The Balaban J connectivity index is 1.03. The van der Waals surface area contributed by atoms with Crippen molar-refractivity contribution in [2.75, 3.05) is 27.3 Å². The van der Waals surface area contributed by atoms with Gasteiger partial charge in [-0.1, -0.05) is 0 Å². The SMILES string of the molecule is COc1cc(-c2cn(C)c(=O)c3ncsc23)cc(OC)c1CN1CC(Oc2ccc3c(c2)CN(C2CCC(=O)NC2=O)C3=O)C1. The Kier molecular flexibility index (Phi) is 7.29. The van der Waals surface area contributed by atoms with Crippen molar-refractivity contribution in [3.8, 4) is 28.4 Å². The van der Waals surface area contributed by atoms with Gasteiger partial charge < -0.3 is 23.7 Å². The minimum Gasteiger partial charge on any atom is -0.496 e. The molecule has 1 atom stereocenters. The maximum atomic E-state index is 13.0. The van der Waals surface area contributed by atoms with Gasteiger partial charge in [-0.2, -0.15) is 0 Å². The summed E-state index contributed by atoms with van der Waals surface area (Å²) in [7, 11) is 4.98. The van der Waals surface area contributed by atoms with Crippen molar-refractivity contribution in [3.63, 3.8) is 0 Å². The average molecular weight is 630 g/mol. The Labute approximate surface area is 262 Å². The highest BCUT2D eigenvalue weighted by atomic mass is 32.1. The standard InChI is InChI=1S/C32H31N5O7S/c1-35-14-22(29-28(32(35)41)33-16-45-29)17-9-25(42-2)23(26(10-17)43-3)15-36-12-20(13-36)44-19-4-5-21-18(8-19)11-37(31(21)40)24-6-7-27(38)34-30(24)39/h4-5,8-10,14,16,20,24H,6-7,11-13,15H2,1-3H3,(H,34,38,39). The number of thiazole rings is 1. The first-order valence-corrected chi connectivity index (χ1v) is 15.5. The van der Waals surface area contributed by atoms with E-state index in [9.17, 15) is 19.2 Å². The van der Waals surface area contributed by atoms with Crippen molar-refractivity contribution in [1.82, 2.24) is 24.7 Å². The number of hydrogen-bond donors (Lipinski definition) is 1. The molecule has 3 amide bonds. The summed E-state index contributed by atoms with van der Waals surface area (Å²) in [6.07, 6.45) is 2.33. The molecule has 232 valence electrons. The van der Waals surface area contributed by atoms with Gasteiger partial charge in [-0.15, -0.1) is 11.3 Å². The molecular weight excluding hydrogens is 598 g/mol. The molecule has 1 unspecified atom stereocenters. The van der Waals surface area contributed by atoms with E-state index in [4.69, 9.17) is 14.2 Å². The third-order valence-electron chi connectivity index (χ3n) is 8.68. The van der Waals surface area contributed by atoms with Gasteiger partial charge in [-0.25, -0.2) is 4.98 Å². The Hall–Kier alpha value is -4.75. The van der Waals surface area contributed by atoms with Crippen molar-refractivity contribution < 1.29 is 28.6 Å². The summed E-state index contributed by atoms with van der Waals surface area (Å²) in [6.45, 7) is 2.27. The monoisotopic (exact) mass is 629 g/mol. The molecule has 7 rings (SSSR count). The molecule has 1 N–H and O–H groups in total. The number of pyridine rings is 1. The van der Waals surface area contributed by atoms with Crippen molar-refractivity contribution in [2.24, 2.45) is 7.05 Å². The molecule has 0 spiro atoms. The largest absolute Gasteiger partial charge is 0.496 e. The number of hydrogen-bond acceptors (Lipinski definition) is 10. The van der Waals surface area contributed by atoms with Crippen LogP contribution in [0.15, 0.2) is 46.8 Å². The van der Waals surface area contributed by atoms with Crippen LogP contribution in [0.5, 0.6) is 17.2 Å². The summed E-state index contributed by atoms with van der Waals surface area (Å²) in [4.78, 5) is 57.5. The highest BCUT2D eigenvalue weighted by Gasteiger charge is 2.39. The minimum absolute atomic E-state index is 0.0344. The number of carbonyl (C=O) groups is 3. The third-order valence-corrected chi connectivity index (χ3v) is 9.54. The second-order valence-electron chi connectivity index (χ2n) is 11.5. The van der Waals surface area contributed by atoms with E-state index in [1.54, 1.807) is 38.9 Å². The van der Waals surface area contributed by atoms with Crippen LogP contribution < -0.4 is 25.1 Å². The van der Waals surface area contributed by atoms with E-state index < -0.39 is 11.9 Å². The lowest BCUT2D eigenvalue weighted by Gasteiger charge is -2.39. The number of nitrogens with one attached hydrogen (secondary N) is 1. The number of aryl methyl sites for hydroxylation is 1. The fraction of sp³-hybridized carbons (Fsp3) is 0.344. The molecule has 12 nitrogen and oxygen atoms in total. The molecule has 0 radical (unpaired) electrons. The summed E-state index contributed by atoms with van der Waals surface area (Å²) in [5.41, 5.74) is 6.01. The van der Waals surface area contributed by atoms with Crippen molar-refractivity contribution in [3.05, 3.63) is 69.1 Å². The average Bonchev–Trinajstić information content (AvgIpc) is 3.63. The number of methoxy groups -OCH3 is 2. The number of aromatic nitrogens is 2. The third kappa shape index (κ3) is 5.11. The lowest BCUT2D eigenvalue weighted by atomic mass is 10.0. The number of imide groups is 1. The predicted octanol–water partition coefficient (Wildman–Crippen LogP) is 2.70. The summed E-state index contributed by atoms with van der Waals surface area (Å²) >= 11 is 1.43. The summed E-state index contributed by atoms with van der Waals surface area (Å²) in [5, 5.41) is 2.33. The number of amides is 3. The molecule has 2 aromatic heterocycles. The van der Waals surface area contributed by atoms with Crippen LogP contribution in [0.1, 0.15) is 34.3 Å². The Bertz CT molecular complexity index is 1900. The molecule has 45 heavy (non-hydrogen) atoms. The normalized spacial score (nSPS) is 18.6. The van der Waals surface area contributed by atoms with Gasteiger partial charge in [0.1, 0.15) is 34.9 Å². The molecule has 4 aromatic rings. The molecule has 2 fully saturated rings. The summed E-state index contributed by atoms with van der Waals surface area (Å²) in [5.74, 6) is 1.10. The molecule has 0 aliphatic carbocycles. The number of carbonyl (C=O) groups excluding carboxylic acids is 3. The molecule has 5 heterocycles. The van der Waals surface area contributed by atoms with Crippen LogP contribution in [0.3, 0.4) is 0 Å². The van der Waals surface area contributed by atoms with Gasteiger partial charge in [0.05, 0.1) is 30.0 Å². The summed E-state index contributed by atoms with van der Waals surface area (Å²) < 4.78 is 20.2. The van der Waals surface area contributed by atoms with E-state index in [0.717, 1.165) is 27.0 Å². The molecule has 3 aliphatic heterocycles. The van der Waals surface area contributed by atoms with Crippen LogP contribution in [0.4, 0.5) is 0 Å². The molecular formula is C32H31N5O7S. The predicted molar refractivity (Wildman–Crippen MR) is 166 cm³/mol. The fourth-order valence-corrected chi connectivity index (χ4v) is 7.15. The maximum absolute atomic E-state index is 13.0. The fourth-order valence-electron chi connectivity index (χ4n) is 6.33. The van der Waals surface area contributed by atoms with Gasteiger partial charge in [0.25, 0.3) is 11.5 Å². The number of benzene rings is 2. The topological polar surface area (TPSA) is 132 Å². The van der Waals surface area contributed by atoms with Crippen molar-refractivity contribution >= 4 is 39.3 Å². The molecule has 0 saturated carbocycles. The molecule has 2 aromatic carbocycles. The van der Waals surface area contributed by atoms with Gasteiger partial charge in [0, 0.05) is 57.0 Å². The number of nitrogens with zero attached hydrogens (tertiary/aromatic N) is 4. The first-order chi connectivity index (χ1) is 21.7. The molecule has 13 heteroatoms. The van der Waals surface area contributed by atoms with Gasteiger partial charge in [-0.05, 0) is 47.9 Å². The minimum atomic E-state index is -0.648. The van der Waals surface area contributed by atoms with Crippen LogP contribution in [-0.2, 0) is 29.7 Å². The lowest BCUT2D eigenvalue weighted by molar-refractivity contribution is -0.136. The van der Waals surface area contributed by atoms with E-state index in [1.165, 1.54) is 20.8 Å². The number of piperidine rings is 1. The van der Waals surface area contributed by atoms with E-state index in [0.29, 0.717) is 60.9 Å². The van der Waals surface area contributed by atoms with Crippen molar-refractivity contribution in [2.45, 2.75) is 38.1 Å². The van der Waals surface area contributed by atoms with Gasteiger partial charge in [0.15, 0.2) is 0 Å². The summed E-state index contributed by atoms with van der Waals surface area (Å²) in [6, 6.07) is 8.69. The Morgan fingerprint density at radius 3 is 2.49 bits per heavy atom. The maximum Gasteiger partial charge on any atom is 0.277 e. The quantitative estimate of drug-likeness (QED) is 0.292. The number of ether oxygens (including phenoxy) is 3. The number of fused-ring (bicyclic) bond motifs is 2.